The number of urea groups is 1. The molecule has 1 N–H and O–H groups in total. The van der Waals surface area contributed by atoms with Crippen LogP contribution >= 0.6 is 0 Å². The van der Waals surface area contributed by atoms with Crippen LogP contribution in [0.5, 0.6) is 0 Å². The van der Waals surface area contributed by atoms with Crippen molar-refractivity contribution < 1.29 is 14.3 Å². The molecule has 2 aliphatic rings. The fraction of sp³-hybridized carbons (Fsp3) is 0.600. The minimum Gasteiger partial charge on any atom is -0.373 e. The van der Waals surface area contributed by atoms with Gasteiger partial charge in [-0.05, 0) is 31.7 Å². The van der Waals surface area contributed by atoms with E-state index in [9.17, 15) is 9.59 Å². The molecule has 26 heavy (non-hydrogen) atoms. The summed E-state index contributed by atoms with van der Waals surface area (Å²) in [5.74, 6) is 0.108. The highest BCUT2D eigenvalue weighted by Gasteiger charge is 2.52. The Hall–Kier alpha value is -1.92. The summed E-state index contributed by atoms with van der Waals surface area (Å²) in [7, 11) is 0. The quantitative estimate of drug-likeness (QED) is 0.821. The van der Waals surface area contributed by atoms with Crippen molar-refractivity contribution in [3.05, 3.63) is 35.9 Å². The van der Waals surface area contributed by atoms with Crippen LogP contribution in [0, 0.1) is 5.92 Å². The fourth-order valence-corrected chi connectivity index (χ4v) is 4.14. The summed E-state index contributed by atoms with van der Waals surface area (Å²) < 4.78 is 5.75. The van der Waals surface area contributed by atoms with E-state index in [1.165, 1.54) is 4.90 Å². The van der Waals surface area contributed by atoms with Crippen LogP contribution in [0.1, 0.15) is 39.7 Å². The van der Waals surface area contributed by atoms with Crippen molar-refractivity contribution in [2.24, 2.45) is 5.92 Å². The van der Waals surface area contributed by atoms with Gasteiger partial charge in [0.05, 0.1) is 18.9 Å². The van der Waals surface area contributed by atoms with Gasteiger partial charge in [0.1, 0.15) is 5.54 Å². The number of ether oxygens (including phenoxy) is 1. The molecule has 0 saturated carbocycles. The zero-order valence-corrected chi connectivity index (χ0v) is 16.1. The summed E-state index contributed by atoms with van der Waals surface area (Å²) in [6.45, 7) is 9.89. The zero-order chi connectivity index (χ0) is 18.9. The van der Waals surface area contributed by atoms with E-state index in [-0.39, 0.29) is 30.1 Å². The number of carbonyl (C=O) groups is 2. The lowest BCUT2D eigenvalue weighted by molar-refractivity contribution is -0.136. The van der Waals surface area contributed by atoms with E-state index >= 15 is 0 Å². The standard InChI is InChI=1S/C20H29N3O3/c1-14(2)10-20(17-8-6-5-7-9-17)18(24)23(19(25)21-20)13-22-11-15(3)26-16(4)12-22/h5-9,14-16H,10-13H2,1-4H3,(H,21,25)/t15-,16+,20-/m0/s1. The largest absolute Gasteiger partial charge is 0.373 e. The van der Waals surface area contributed by atoms with Gasteiger partial charge in [0, 0.05) is 13.1 Å². The van der Waals surface area contributed by atoms with Gasteiger partial charge in [0.15, 0.2) is 0 Å². The Morgan fingerprint density at radius 1 is 1.15 bits per heavy atom. The van der Waals surface area contributed by atoms with Crippen LogP contribution in [0.2, 0.25) is 0 Å². The van der Waals surface area contributed by atoms with Gasteiger partial charge in [-0.15, -0.1) is 0 Å². The Kier molecular flexibility index (Phi) is 5.34. The molecule has 0 aromatic heterocycles. The van der Waals surface area contributed by atoms with E-state index < -0.39 is 5.54 Å². The third kappa shape index (κ3) is 3.62. The van der Waals surface area contributed by atoms with Crippen LogP contribution in [0.3, 0.4) is 0 Å². The number of nitrogens with one attached hydrogen (secondary N) is 1. The van der Waals surface area contributed by atoms with Crippen LogP contribution in [-0.2, 0) is 15.1 Å². The minimum atomic E-state index is -0.976. The average Bonchev–Trinajstić information content (AvgIpc) is 2.79. The van der Waals surface area contributed by atoms with E-state index in [1.54, 1.807) is 0 Å². The summed E-state index contributed by atoms with van der Waals surface area (Å²) in [6.07, 6.45) is 0.761. The number of imide groups is 1. The number of rotatable bonds is 5. The molecule has 6 heteroatoms. The van der Waals surface area contributed by atoms with Crippen molar-refractivity contribution in [1.29, 1.82) is 0 Å². The third-order valence-electron chi connectivity index (χ3n) is 4.99. The molecule has 0 unspecified atom stereocenters. The third-order valence-corrected chi connectivity index (χ3v) is 4.99. The number of hydrogen-bond acceptors (Lipinski definition) is 4. The van der Waals surface area contributed by atoms with Crippen molar-refractivity contribution in [2.75, 3.05) is 19.8 Å². The lowest BCUT2D eigenvalue weighted by atomic mass is 9.82. The lowest BCUT2D eigenvalue weighted by Crippen LogP contribution is -2.51. The van der Waals surface area contributed by atoms with Crippen molar-refractivity contribution in [1.82, 2.24) is 15.1 Å². The molecule has 3 rings (SSSR count). The first-order chi connectivity index (χ1) is 12.3. The molecule has 3 amide bonds. The summed E-state index contributed by atoms with van der Waals surface area (Å²) in [6, 6.07) is 9.26. The van der Waals surface area contributed by atoms with Crippen molar-refractivity contribution in [3.8, 4) is 0 Å². The highest BCUT2D eigenvalue weighted by Crippen LogP contribution is 2.35. The van der Waals surface area contributed by atoms with Crippen LogP contribution in [-0.4, -0.2) is 53.7 Å². The minimum absolute atomic E-state index is 0.0917. The van der Waals surface area contributed by atoms with E-state index in [4.69, 9.17) is 4.74 Å². The molecule has 0 bridgehead atoms. The number of benzene rings is 1. The van der Waals surface area contributed by atoms with E-state index in [0.29, 0.717) is 26.2 Å². The molecule has 2 heterocycles. The molecule has 1 aromatic carbocycles. The fourth-order valence-electron chi connectivity index (χ4n) is 4.14. The molecular weight excluding hydrogens is 330 g/mol. The summed E-state index contributed by atoms with van der Waals surface area (Å²) in [4.78, 5) is 29.6. The predicted molar refractivity (Wildman–Crippen MR) is 99.4 cm³/mol. The second-order valence-electron chi connectivity index (χ2n) is 7.97. The first kappa shape index (κ1) is 18.9. The maximum Gasteiger partial charge on any atom is 0.326 e. The first-order valence-corrected chi connectivity index (χ1v) is 9.39. The number of carbonyl (C=O) groups excluding carboxylic acids is 2. The van der Waals surface area contributed by atoms with Crippen molar-refractivity contribution >= 4 is 11.9 Å². The second kappa shape index (κ2) is 7.37. The van der Waals surface area contributed by atoms with Crippen molar-refractivity contribution in [3.63, 3.8) is 0 Å². The molecule has 6 nitrogen and oxygen atoms in total. The molecule has 0 spiro atoms. The second-order valence-corrected chi connectivity index (χ2v) is 7.97. The zero-order valence-electron chi connectivity index (χ0n) is 16.1. The smallest absolute Gasteiger partial charge is 0.326 e. The number of hydrogen-bond donors (Lipinski definition) is 1. The predicted octanol–water partition coefficient (Wildman–Crippen LogP) is 2.55. The average molecular weight is 359 g/mol. The molecule has 2 saturated heterocycles. The van der Waals surface area contributed by atoms with Crippen molar-refractivity contribution in [2.45, 2.75) is 51.9 Å². The van der Waals surface area contributed by atoms with E-state index in [2.05, 4.69) is 24.1 Å². The summed E-state index contributed by atoms with van der Waals surface area (Å²) in [5, 5.41) is 3.01. The Balaban J connectivity index is 1.85. The molecule has 1 aromatic rings. The van der Waals surface area contributed by atoms with Gasteiger partial charge in [-0.1, -0.05) is 44.2 Å². The molecule has 2 fully saturated rings. The van der Waals surface area contributed by atoms with Gasteiger partial charge in [-0.25, -0.2) is 9.69 Å². The van der Waals surface area contributed by atoms with Crippen LogP contribution in [0.15, 0.2) is 30.3 Å². The number of morpholine rings is 1. The van der Waals surface area contributed by atoms with Gasteiger partial charge >= 0.3 is 6.03 Å². The Morgan fingerprint density at radius 2 is 1.77 bits per heavy atom. The summed E-state index contributed by atoms with van der Waals surface area (Å²) >= 11 is 0. The lowest BCUT2D eigenvalue weighted by Gasteiger charge is -2.37. The highest BCUT2D eigenvalue weighted by molar-refractivity contribution is 6.07. The van der Waals surface area contributed by atoms with E-state index in [0.717, 1.165) is 5.56 Å². The monoisotopic (exact) mass is 359 g/mol. The topological polar surface area (TPSA) is 61.9 Å². The molecule has 142 valence electrons. The molecular formula is C20H29N3O3. The maximum atomic E-state index is 13.4. The van der Waals surface area contributed by atoms with Crippen LogP contribution < -0.4 is 5.32 Å². The summed E-state index contributed by atoms with van der Waals surface area (Å²) in [5.41, 5.74) is -0.131. The van der Waals surface area contributed by atoms with Gasteiger partial charge in [-0.2, -0.15) is 0 Å². The van der Waals surface area contributed by atoms with E-state index in [1.807, 2.05) is 44.2 Å². The number of amides is 3. The normalized spacial score (nSPS) is 30.1. The SMILES string of the molecule is CC(C)C[C@@]1(c2ccccc2)NC(=O)N(CN2C[C@@H](C)O[C@@H](C)C2)C1=O. The van der Waals surface area contributed by atoms with Gasteiger partial charge in [0.25, 0.3) is 5.91 Å². The molecule has 0 radical (unpaired) electrons. The maximum absolute atomic E-state index is 13.4. The molecule has 2 aliphatic heterocycles. The van der Waals surface area contributed by atoms with Gasteiger partial charge in [0.2, 0.25) is 0 Å². The Bertz CT molecular complexity index is 654. The Morgan fingerprint density at radius 3 is 2.35 bits per heavy atom. The van der Waals surface area contributed by atoms with Gasteiger partial charge < -0.3 is 10.1 Å². The molecule has 0 aliphatic carbocycles. The highest BCUT2D eigenvalue weighted by atomic mass is 16.5. The Labute approximate surface area is 155 Å². The molecule has 3 atom stereocenters. The van der Waals surface area contributed by atoms with Crippen LogP contribution in [0.4, 0.5) is 4.79 Å². The first-order valence-electron chi connectivity index (χ1n) is 9.39. The van der Waals surface area contributed by atoms with Crippen LogP contribution in [0.25, 0.3) is 0 Å². The number of nitrogens with zero attached hydrogens (tertiary/aromatic N) is 2. The van der Waals surface area contributed by atoms with Gasteiger partial charge in [-0.3, -0.25) is 9.69 Å².